The summed E-state index contributed by atoms with van der Waals surface area (Å²) in [5.41, 5.74) is 1.06. The van der Waals surface area contributed by atoms with Gasteiger partial charge in [0.25, 0.3) is 0 Å². The molecule has 2 rings (SSSR count). The first-order valence-electron chi connectivity index (χ1n) is 6.62. The topological polar surface area (TPSA) is 98.5 Å². The lowest BCUT2D eigenvalue weighted by atomic mass is 10.0. The van der Waals surface area contributed by atoms with E-state index >= 15 is 0 Å². The van der Waals surface area contributed by atoms with Gasteiger partial charge in [-0.15, -0.1) is 0 Å². The van der Waals surface area contributed by atoms with Crippen LogP contribution in [0.15, 0.2) is 24.3 Å². The third-order valence-electron chi connectivity index (χ3n) is 3.56. The Kier molecular flexibility index (Phi) is 4.60. The highest BCUT2D eigenvalue weighted by Gasteiger charge is 2.32. The number of piperidine rings is 1. The lowest BCUT2D eigenvalue weighted by molar-refractivity contribution is -0.142. The fraction of sp³-hybridized carbons (Fsp3) is 0.429. The van der Waals surface area contributed by atoms with Gasteiger partial charge in [-0.1, -0.05) is 12.1 Å². The zero-order valence-electron chi connectivity index (χ0n) is 11.4. The first-order valence-corrected chi connectivity index (χ1v) is 8.23. The number of nitriles is 1. The van der Waals surface area contributed by atoms with Gasteiger partial charge in [0.2, 0.25) is 10.0 Å². The first-order chi connectivity index (χ1) is 9.92. The predicted octanol–water partition coefficient (Wildman–Crippen LogP) is 1.18. The monoisotopic (exact) mass is 308 g/mol. The molecule has 0 unspecified atom stereocenters. The van der Waals surface area contributed by atoms with Crippen LogP contribution in [0.1, 0.15) is 24.0 Å². The third kappa shape index (κ3) is 3.80. The molecule has 1 aromatic carbocycles. The summed E-state index contributed by atoms with van der Waals surface area (Å²) >= 11 is 0. The fourth-order valence-electron chi connectivity index (χ4n) is 2.37. The van der Waals surface area contributed by atoms with Crippen molar-refractivity contribution >= 4 is 16.0 Å². The van der Waals surface area contributed by atoms with Crippen molar-refractivity contribution in [3.05, 3.63) is 35.4 Å². The lowest BCUT2D eigenvalue weighted by Crippen LogP contribution is -2.42. The number of carboxylic acid groups (broad SMARTS) is 1. The van der Waals surface area contributed by atoms with Gasteiger partial charge in [-0.2, -0.15) is 5.26 Å². The van der Waals surface area contributed by atoms with Crippen LogP contribution in [0, 0.1) is 17.2 Å². The minimum Gasteiger partial charge on any atom is -0.481 e. The Labute approximate surface area is 123 Å². The van der Waals surface area contributed by atoms with Crippen LogP contribution in [0.3, 0.4) is 0 Å². The van der Waals surface area contributed by atoms with Crippen LogP contribution in [0.2, 0.25) is 0 Å². The Morgan fingerprint density at radius 2 is 2.05 bits per heavy atom. The van der Waals surface area contributed by atoms with Crippen molar-refractivity contribution in [2.24, 2.45) is 5.92 Å². The van der Waals surface area contributed by atoms with E-state index in [0.29, 0.717) is 30.5 Å². The molecule has 1 N–H and O–H groups in total. The van der Waals surface area contributed by atoms with Crippen LogP contribution in [0.25, 0.3) is 0 Å². The molecule has 0 bridgehead atoms. The molecule has 1 fully saturated rings. The largest absolute Gasteiger partial charge is 0.481 e. The SMILES string of the molecule is N#Cc1ccc(CS(=O)(=O)N2CCC[C@H](C(=O)O)C2)cc1. The smallest absolute Gasteiger partial charge is 0.307 e. The molecular weight excluding hydrogens is 292 g/mol. The molecule has 1 heterocycles. The van der Waals surface area contributed by atoms with Crippen molar-refractivity contribution in [3.63, 3.8) is 0 Å². The molecule has 7 heteroatoms. The Hall–Kier alpha value is -1.91. The molecule has 0 radical (unpaired) electrons. The molecule has 1 aromatic rings. The maximum atomic E-state index is 12.3. The Morgan fingerprint density at radius 1 is 1.38 bits per heavy atom. The van der Waals surface area contributed by atoms with Gasteiger partial charge < -0.3 is 5.11 Å². The number of rotatable bonds is 4. The van der Waals surface area contributed by atoms with Gasteiger partial charge in [0.15, 0.2) is 0 Å². The van der Waals surface area contributed by atoms with E-state index in [4.69, 9.17) is 10.4 Å². The maximum absolute atomic E-state index is 12.3. The predicted molar refractivity (Wildman–Crippen MR) is 75.7 cm³/mol. The molecule has 0 amide bonds. The molecule has 0 aliphatic carbocycles. The van der Waals surface area contributed by atoms with E-state index in [-0.39, 0.29) is 12.3 Å². The van der Waals surface area contributed by atoms with E-state index in [1.54, 1.807) is 24.3 Å². The second-order valence-corrected chi connectivity index (χ2v) is 7.07. The Bertz CT molecular complexity index is 661. The van der Waals surface area contributed by atoms with E-state index in [2.05, 4.69) is 0 Å². The van der Waals surface area contributed by atoms with Gasteiger partial charge in [-0.05, 0) is 30.5 Å². The second kappa shape index (κ2) is 6.24. The highest BCUT2D eigenvalue weighted by Crippen LogP contribution is 2.21. The standard InChI is InChI=1S/C14H16N2O4S/c15-8-11-3-5-12(6-4-11)10-21(19,20)16-7-1-2-13(9-16)14(17)18/h3-6,13H,1-2,7,9-10H2,(H,17,18)/t13-/m0/s1. The molecular formula is C14H16N2O4S. The molecule has 1 aliphatic heterocycles. The van der Waals surface area contributed by atoms with Crippen LogP contribution in [-0.4, -0.2) is 36.9 Å². The summed E-state index contributed by atoms with van der Waals surface area (Å²) < 4.78 is 25.9. The Balaban J connectivity index is 2.10. The number of carbonyl (C=O) groups is 1. The average Bonchev–Trinajstić information content (AvgIpc) is 2.48. The Morgan fingerprint density at radius 3 is 2.62 bits per heavy atom. The van der Waals surface area contributed by atoms with Gasteiger partial charge in [-0.25, -0.2) is 12.7 Å². The van der Waals surface area contributed by atoms with E-state index < -0.39 is 21.9 Å². The van der Waals surface area contributed by atoms with Crippen LogP contribution in [-0.2, 0) is 20.6 Å². The number of benzene rings is 1. The molecule has 0 aromatic heterocycles. The van der Waals surface area contributed by atoms with Crippen molar-refractivity contribution in [2.45, 2.75) is 18.6 Å². The van der Waals surface area contributed by atoms with Crippen LogP contribution >= 0.6 is 0 Å². The number of nitrogens with zero attached hydrogens (tertiary/aromatic N) is 2. The van der Waals surface area contributed by atoms with Gasteiger partial charge in [0.1, 0.15) is 0 Å². The zero-order valence-corrected chi connectivity index (χ0v) is 12.2. The second-order valence-electron chi connectivity index (χ2n) is 5.10. The number of sulfonamides is 1. The van der Waals surface area contributed by atoms with Crippen LogP contribution in [0.4, 0.5) is 0 Å². The molecule has 1 saturated heterocycles. The number of hydrogen-bond donors (Lipinski definition) is 1. The maximum Gasteiger partial charge on any atom is 0.307 e. The first kappa shape index (κ1) is 15.5. The summed E-state index contributed by atoms with van der Waals surface area (Å²) in [6.45, 7) is 0.399. The van der Waals surface area contributed by atoms with Crippen LogP contribution in [0.5, 0.6) is 0 Å². The van der Waals surface area contributed by atoms with Crippen molar-refractivity contribution in [1.82, 2.24) is 4.31 Å². The zero-order chi connectivity index (χ0) is 15.5. The molecule has 1 atom stereocenters. The minimum absolute atomic E-state index is 0.0357. The summed E-state index contributed by atoms with van der Waals surface area (Å²) in [5, 5.41) is 17.7. The number of aliphatic carboxylic acids is 1. The van der Waals surface area contributed by atoms with Gasteiger partial charge in [0, 0.05) is 13.1 Å². The van der Waals surface area contributed by atoms with Crippen molar-refractivity contribution in [3.8, 4) is 6.07 Å². The molecule has 21 heavy (non-hydrogen) atoms. The summed E-state index contributed by atoms with van der Waals surface area (Å²) in [5.74, 6) is -1.76. The average molecular weight is 308 g/mol. The van der Waals surface area contributed by atoms with Gasteiger partial charge in [0.05, 0.1) is 23.3 Å². The van der Waals surface area contributed by atoms with Crippen molar-refractivity contribution < 1.29 is 18.3 Å². The normalized spacial score (nSPS) is 19.9. The van der Waals surface area contributed by atoms with Crippen molar-refractivity contribution in [1.29, 1.82) is 5.26 Å². The summed E-state index contributed by atoms with van der Waals surface area (Å²) in [4.78, 5) is 11.0. The molecule has 0 saturated carbocycles. The summed E-state index contributed by atoms with van der Waals surface area (Å²) in [6.07, 6.45) is 1.07. The van der Waals surface area contributed by atoms with Gasteiger partial charge in [-0.3, -0.25) is 4.79 Å². The number of hydrogen-bond acceptors (Lipinski definition) is 4. The summed E-state index contributed by atoms with van der Waals surface area (Å²) in [7, 11) is -3.54. The quantitative estimate of drug-likeness (QED) is 0.900. The highest BCUT2D eigenvalue weighted by molar-refractivity contribution is 7.88. The van der Waals surface area contributed by atoms with E-state index in [1.807, 2.05) is 6.07 Å². The number of carboxylic acids is 1. The molecule has 6 nitrogen and oxygen atoms in total. The van der Waals surface area contributed by atoms with Gasteiger partial charge >= 0.3 is 5.97 Å². The van der Waals surface area contributed by atoms with Crippen molar-refractivity contribution in [2.75, 3.05) is 13.1 Å². The summed E-state index contributed by atoms with van der Waals surface area (Å²) in [6, 6.07) is 8.33. The van der Waals surface area contributed by atoms with E-state index in [9.17, 15) is 13.2 Å². The minimum atomic E-state index is -3.54. The highest BCUT2D eigenvalue weighted by atomic mass is 32.2. The van der Waals surface area contributed by atoms with E-state index in [1.165, 1.54) is 4.31 Å². The molecule has 0 spiro atoms. The third-order valence-corrected chi connectivity index (χ3v) is 5.38. The van der Waals surface area contributed by atoms with Crippen LogP contribution < -0.4 is 0 Å². The fourth-order valence-corrected chi connectivity index (χ4v) is 3.98. The molecule has 1 aliphatic rings. The van der Waals surface area contributed by atoms with E-state index in [0.717, 1.165) is 0 Å². The molecule has 112 valence electrons. The lowest BCUT2D eigenvalue weighted by Gasteiger charge is -2.29.